The van der Waals surface area contributed by atoms with Crippen LogP contribution in [0.1, 0.15) is 5.76 Å². The highest BCUT2D eigenvalue weighted by Gasteiger charge is 2.17. The van der Waals surface area contributed by atoms with Crippen LogP contribution in [0.15, 0.2) is 70.7 Å². The molecule has 1 heterocycles. The third-order valence-electron chi connectivity index (χ3n) is 3.74. The van der Waals surface area contributed by atoms with Crippen LogP contribution in [0.2, 0.25) is 0 Å². The second kappa shape index (κ2) is 7.97. The molecule has 3 rings (SSSR count). The first-order valence-electron chi connectivity index (χ1n) is 8.00. The molecule has 0 spiro atoms. The van der Waals surface area contributed by atoms with E-state index in [1.54, 1.807) is 18.2 Å². The third-order valence-corrected chi connectivity index (χ3v) is 3.74. The molecular weight excluding hydrogens is 365 g/mol. The molecule has 0 saturated heterocycles. The fourth-order valence-electron chi connectivity index (χ4n) is 2.45. The summed E-state index contributed by atoms with van der Waals surface area (Å²) in [6.07, 6.45) is 1.20. The number of halogens is 1. The Morgan fingerprint density at radius 2 is 1.96 bits per heavy atom. The van der Waals surface area contributed by atoms with Gasteiger partial charge < -0.3 is 9.73 Å². The Balaban J connectivity index is 1.84. The summed E-state index contributed by atoms with van der Waals surface area (Å²) in [6, 6.07) is 16.2. The number of para-hydroxylation sites is 2. The van der Waals surface area contributed by atoms with Crippen molar-refractivity contribution in [2.24, 2.45) is 0 Å². The number of nitro groups is 1. The monoisotopic (exact) mass is 377 g/mol. The summed E-state index contributed by atoms with van der Waals surface area (Å²) in [5.41, 5.74) is -0.126. The summed E-state index contributed by atoms with van der Waals surface area (Å²) in [7, 11) is 0. The molecule has 0 saturated carbocycles. The molecule has 0 aliphatic heterocycles. The van der Waals surface area contributed by atoms with Gasteiger partial charge in [0.15, 0.2) is 0 Å². The van der Waals surface area contributed by atoms with Crippen molar-refractivity contribution in [1.82, 2.24) is 0 Å². The lowest BCUT2D eigenvalue weighted by molar-refractivity contribution is -0.383. The number of hydrogen-bond acceptors (Lipinski definition) is 5. The van der Waals surface area contributed by atoms with E-state index in [0.29, 0.717) is 11.3 Å². The lowest BCUT2D eigenvalue weighted by atomic mass is 10.2. The first kappa shape index (κ1) is 18.5. The average Bonchev–Trinajstić information content (AvgIpc) is 3.15. The Labute approximate surface area is 158 Å². The summed E-state index contributed by atoms with van der Waals surface area (Å²) in [4.78, 5) is 22.7. The zero-order valence-corrected chi connectivity index (χ0v) is 14.3. The Hall–Kier alpha value is -4.25. The van der Waals surface area contributed by atoms with Gasteiger partial charge >= 0.3 is 0 Å². The van der Waals surface area contributed by atoms with Gasteiger partial charge in [-0.1, -0.05) is 24.3 Å². The first-order valence-corrected chi connectivity index (χ1v) is 8.00. The van der Waals surface area contributed by atoms with Crippen molar-refractivity contribution in [3.05, 3.63) is 87.9 Å². The van der Waals surface area contributed by atoms with Gasteiger partial charge in [-0.05, 0) is 30.3 Å². The molecule has 28 heavy (non-hydrogen) atoms. The smallest absolute Gasteiger partial charge is 0.292 e. The molecule has 1 amide bonds. The van der Waals surface area contributed by atoms with E-state index in [0.717, 1.165) is 0 Å². The Kier molecular flexibility index (Phi) is 5.28. The van der Waals surface area contributed by atoms with E-state index in [-0.39, 0.29) is 22.7 Å². The average molecular weight is 377 g/mol. The molecule has 2 aromatic carbocycles. The molecule has 138 valence electrons. The predicted octanol–water partition coefficient (Wildman–Crippen LogP) is 4.54. The van der Waals surface area contributed by atoms with E-state index in [9.17, 15) is 24.6 Å². The maximum atomic E-state index is 13.3. The number of carbonyl (C=O) groups excluding carboxylic acids is 1. The number of amides is 1. The van der Waals surface area contributed by atoms with Crippen LogP contribution in [0.4, 0.5) is 15.8 Å². The normalized spacial score (nSPS) is 10.9. The number of nitriles is 1. The number of nitrogens with zero attached hydrogens (tertiary/aromatic N) is 2. The van der Waals surface area contributed by atoms with Crippen LogP contribution in [-0.4, -0.2) is 10.8 Å². The highest BCUT2D eigenvalue weighted by atomic mass is 19.1. The van der Waals surface area contributed by atoms with E-state index in [1.165, 1.54) is 54.6 Å². The Morgan fingerprint density at radius 1 is 1.18 bits per heavy atom. The van der Waals surface area contributed by atoms with Crippen molar-refractivity contribution in [3.8, 4) is 17.4 Å². The molecule has 0 unspecified atom stereocenters. The second-order valence-electron chi connectivity index (χ2n) is 5.61. The predicted molar refractivity (Wildman–Crippen MR) is 99.4 cm³/mol. The van der Waals surface area contributed by atoms with Gasteiger partial charge in [0.2, 0.25) is 0 Å². The molecule has 0 radical (unpaired) electrons. The molecule has 0 bridgehead atoms. The third kappa shape index (κ3) is 4.11. The first-order chi connectivity index (χ1) is 13.5. The van der Waals surface area contributed by atoms with Crippen molar-refractivity contribution in [3.63, 3.8) is 0 Å². The van der Waals surface area contributed by atoms with E-state index in [1.807, 2.05) is 0 Å². The van der Waals surface area contributed by atoms with Gasteiger partial charge in [0, 0.05) is 17.7 Å². The van der Waals surface area contributed by atoms with Gasteiger partial charge in [0.25, 0.3) is 11.6 Å². The second-order valence-corrected chi connectivity index (χ2v) is 5.61. The molecule has 3 aromatic rings. The van der Waals surface area contributed by atoms with Crippen LogP contribution >= 0.6 is 0 Å². The minimum atomic E-state index is -0.819. The fraction of sp³-hybridized carbons (Fsp3) is 0. The van der Waals surface area contributed by atoms with Gasteiger partial charge in [-0.3, -0.25) is 14.9 Å². The van der Waals surface area contributed by atoms with E-state index >= 15 is 0 Å². The number of carbonyl (C=O) groups is 1. The quantitative estimate of drug-likeness (QED) is 0.304. The largest absolute Gasteiger partial charge is 0.457 e. The zero-order chi connectivity index (χ0) is 20.1. The molecule has 0 atom stereocenters. The Bertz CT molecular complexity index is 1130. The van der Waals surface area contributed by atoms with Gasteiger partial charge in [-0.25, -0.2) is 4.39 Å². The lowest BCUT2D eigenvalue weighted by Crippen LogP contribution is -2.14. The van der Waals surface area contributed by atoms with E-state index in [4.69, 9.17) is 4.42 Å². The molecule has 0 aliphatic carbocycles. The number of nitro benzene ring substituents is 1. The molecule has 8 heteroatoms. The summed E-state index contributed by atoms with van der Waals surface area (Å²) >= 11 is 0. The summed E-state index contributed by atoms with van der Waals surface area (Å²) in [5.74, 6) is -0.677. The summed E-state index contributed by atoms with van der Waals surface area (Å²) < 4.78 is 18.9. The van der Waals surface area contributed by atoms with Crippen LogP contribution in [-0.2, 0) is 4.79 Å². The van der Waals surface area contributed by atoms with Gasteiger partial charge in [-0.15, -0.1) is 0 Å². The zero-order valence-electron chi connectivity index (χ0n) is 14.3. The molecule has 1 aromatic heterocycles. The van der Waals surface area contributed by atoms with Crippen LogP contribution in [0.3, 0.4) is 0 Å². The number of hydrogen-bond donors (Lipinski definition) is 1. The van der Waals surface area contributed by atoms with E-state index in [2.05, 4.69) is 5.32 Å². The molecule has 7 nitrogen and oxygen atoms in total. The highest BCUT2D eigenvalue weighted by Crippen LogP contribution is 2.26. The van der Waals surface area contributed by atoms with Crippen molar-refractivity contribution in [2.75, 3.05) is 5.32 Å². The van der Waals surface area contributed by atoms with Crippen molar-refractivity contribution < 1.29 is 18.5 Å². The number of nitrogens with one attached hydrogen (secondary N) is 1. The number of rotatable bonds is 5. The lowest BCUT2D eigenvalue weighted by Gasteiger charge is -2.04. The Morgan fingerprint density at radius 3 is 2.68 bits per heavy atom. The minimum absolute atomic E-state index is 0.0291. The number of benzene rings is 2. The fourth-order valence-corrected chi connectivity index (χ4v) is 2.45. The number of furan rings is 1. The standard InChI is InChI=1S/C20H12FN3O4/c21-15-5-3-4-13(10-15)19-9-8-16(28-19)11-14(12-22)20(25)23-17-6-1-2-7-18(17)24(26)27/h1-11H,(H,23,25)/b14-11+. The number of anilines is 1. The highest BCUT2D eigenvalue weighted by molar-refractivity contribution is 6.10. The maximum absolute atomic E-state index is 13.3. The molecule has 0 aliphatic rings. The van der Waals surface area contributed by atoms with Gasteiger partial charge in [0.05, 0.1) is 4.92 Å². The van der Waals surface area contributed by atoms with Crippen molar-refractivity contribution in [2.45, 2.75) is 0 Å². The van der Waals surface area contributed by atoms with E-state index < -0.39 is 16.6 Å². The summed E-state index contributed by atoms with van der Waals surface area (Å²) in [5, 5.41) is 22.6. The van der Waals surface area contributed by atoms with Crippen LogP contribution in [0.25, 0.3) is 17.4 Å². The van der Waals surface area contributed by atoms with Crippen molar-refractivity contribution >= 4 is 23.4 Å². The topological polar surface area (TPSA) is 109 Å². The summed E-state index contributed by atoms with van der Waals surface area (Å²) in [6.45, 7) is 0. The van der Waals surface area contributed by atoms with Crippen molar-refractivity contribution in [1.29, 1.82) is 5.26 Å². The van der Waals surface area contributed by atoms with Crippen LogP contribution < -0.4 is 5.32 Å². The van der Waals surface area contributed by atoms with Crippen LogP contribution in [0, 0.1) is 27.3 Å². The van der Waals surface area contributed by atoms with Gasteiger partial charge in [0.1, 0.15) is 34.7 Å². The molecule has 1 N–H and O–H groups in total. The van der Waals surface area contributed by atoms with Gasteiger partial charge in [-0.2, -0.15) is 5.26 Å². The molecule has 0 fully saturated rings. The molecular formula is C20H12FN3O4. The van der Waals surface area contributed by atoms with Crippen LogP contribution in [0.5, 0.6) is 0 Å². The maximum Gasteiger partial charge on any atom is 0.292 e. The minimum Gasteiger partial charge on any atom is -0.457 e. The SMILES string of the molecule is N#C/C(=C\c1ccc(-c2cccc(F)c2)o1)C(=O)Nc1ccccc1[N+](=O)[O-].